The van der Waals surface area contributed by atoms with Crippen molar-refractivity contribution in [3.8, 4) is 11.5 Å². The molecule has 0 unspecified atom stereocenters. The highest BCUT2D eigenvalue weighted by atomic mass is 19.4. The van der Waals surface area contributed by atoms with Gasteiger partial charge in [0.2, 0.25) is 0 Å². The average molecular weight is 460 g/mol. The Labute approximate surface area is 188 Å². The summed E-state index contributed by atoms with van der Waals surface area (Å²) in [5, 5.41) is 9.68. The number of halogens is 3. The molecule has 1 aromatic heterocycles. The maximum absolute atomic E-state index is 13.9. The zero-order chi connectivity index (χ0) is 23.8. The van der Waals surface area contributed by atoms with Crippen molar-refractivity contribution in [3.05, 3.63) is 65.4 Å². The van der Waals surface area contributed by atoms with Crippen LogP contribution in [0.5, 0.6) is 11.5 Å². The number of aryl methyl sites for hydroxylation is 1. The molecule has 0 fully saturated rings. The minimum Gasteiger partial charge on any atom is -0.493 e. The fourth-order valence-corrected chi connectivity index (χ4v) is 3.85. The summed E-state index contributed by atoms with van der Waals surface area (Å²) in [6, 6.07) is 9.41. The Balaban J connectivity index is 1.69. The predicted octanol–water partition coefficient (Wildman–Crippen LogP) is 5.12. The molecular weight excluding hydrogens is 437 g/mol. The van der Waals surface area contributed by atoms with Gasteiger partial charge in [-0.2, -0.15) is 18.3 Å². The molecule has 2 atom stereocenters. The number of rotatable bonds is 5. The van der Waals surface area contributed by atoms with E-state index in [1.54, 1.807) is 30.3 Å². The van der Waals surface area contributed by atoms with Crippen molar-refractivity contribution in [3.63, 3.8) is 0 Å². The van der Waals surface area contributed by atoms with Crippen molar-refractivity contribution in [1.29, 1.82) is 0 Å². The summed E-state index contributed by atoms with van der Waals surface area (Å²) < 4.78 is 53.2. The number of fused-ring (bicyclic) bond motifs is 1. The quantitative estimate of drug-likeness (QED) is 0.553. The first-order valence-corrected chi connectivity index (χ1v) is 10.2. The van der Waals surface area contributed by atoms with E-state index in [9.17, 15) is 18.0 Å². The normalized spacial score (nSPS) is 17.6. The van der Waals surface area contributed by atoms with Crippen LogP contribution >= 0.6 is 0 Å². The Kier molecular flexibility index (Phi) is 5.92. The van der Waals surface area contributed by atoms with Gasteiger partial charge in [-0.3, -0.25) is 4.79 Å². The van der Waals surface area contributed by atoms with Crippen LogP contribution in [0.25, 0.3) is 0 Å². The van der Waals surface area contributed by atoms with Crippen molar-refractivity contribution >= 4 is 17.4 Å². The van der Waals surface area contributed by atoms with Crippen LogP contribution in [0.2, 0.25) is 0 Å². The lowest BCUT2D eigenvalue weighted by Crippen LogP contribution is -2.36. The van der Waals surface area contributed by atoms with Crippen molar-refractivity contribution in [2.45, 2.75) is 31.6 Å². The minimum atomic E-state index is -4.55. The minimum absolute atomic E-state index is 0.00738. The Bertz CT molecular complexity index is 1160. The molecule has 174 valence electrons. The van der Waals surface area contributed by atoms with Gasteiger partial charge < -0.3 is 20.1 Å². The van der Waals surface area contributed by atoms with Gasteiger partial charge in [-0.1, -0.05) is 23.8 Å². The third-order valence-corrected chi connectivity index (χ3v) is 5.60. The second kappa shape index (κ2) is 8.68. The van der Waals surface area contributed by atoms with E-state index in [-0.39, 0.29) is 17.8 Å². The zero-order valence-electron chi connectivity index (χ0n) is 18.2. The number of hydrogen-bond donors (Lipinski definition) is 2. The number of aromatic nitrogens is 2. The van der Waals surface area contributed by atoms with Crippen LogP contribution in [0.4, 0.5) is 24.7 Å². The molecule has 2 N–H and O–H groups in total. The van der Waals surface area contributed by atoms with E-state index in [0.29, 0.717) is 22.7 Å². The number of carbonyl (C=O) groups is 1. The molecule has 0 aliphatic carbocycles. The molecule has 0 bridgehead atoms. The number of methoxy groups -OCH3 is 2. The largest absolute Gasteiger partial charge is 0.493 e. The van der Waals surface area contributed by atoms with E-state index in [1.165, 1.54) is 14.2 Å². The molecule has 2 heterocycles. The van der Waals surface area contributed by atoms with Gasteiger partial charge in [0.05, 0.1) is 26.5 Å². The van der Waals surface area contributed by atoms with Gasteiger partial charge in [0.25, 0.3) is 5.91 Å². The summed E-state index contributed by atoms with van der Waals surface area (Å²) in [5.41, 5.74) is 2.14. The summed E-state index contributed by atoms with van der Waals surface area (Å²) in [7, 11) is 2.94. The summed E-state index contributed by atoms with van der Waals surface area (Å²) in [6.45, 7) is 1.91. The Morgan fingerprint density at radius 1 is 1.12 bits per heavy atom. The molecule has 7 nitrogen and oxygen atoms in total. The molecule has 2 aromatic carbocycles. The second-order valence-electron chi connectivity index (χ2n) is 7.78. The number of benzene rings is 2. The zero-order valence-corrected chi connectivity index (χ0v) is 18.2. The Hall–Kier alpha value is -3.69. The van der Waals surface area contributed by atoms with Gasteiger partial charge in [0.15, 0.2) is 17.5 Å². The lowest BCUT2D eigenvalue weighted by Gasteiger charge is -2.34. The van der Waals surface area contributed by atoms with Crippen LogP contribution in [-0.4, -0.2) is 36.1 Å². The van der Waals surface area contributed by atoms with Crippen LogP contribution in [0.3, 0.4) is 0 Å². The van der Waals surface area contributed by atoms with Crippen molar-refractivity contribution in [2.24, 2.45) is 0 Å². The number of anilines is 2. The van der Waals surface area contributed by atoms with Gasteiger partial charge in [-0.15, -0.1) is 0 Å². The van der Waals surface area contributed by atoms with E-state index in [1.807, 2.05) is 19.1 Å². The number of amides is 1. The van der Waals surface area contributed by atoms with Crippen LogP contribution < -0.4 is 20.1 Å². The first-order valence-electron chi connectivity index (χ1n) is 10.2. The highest BCUT2D eigenvalue weighted by molar-refractivity contribution is 6.07. The number of carbonyl (C=O) groups excluding carboxylic acids is 1. The van der Waals surface area contributed by atoms with E-state index >= 15 is 0 Å². The van der Waals surface area contributed by atoms with E-state index in [4.69, 9.17) is 9.47 Å². The van der Waals surface area contributed by atoms with Crippen LogP contribution in [0.1, 0.15) is 40.0 Å². The van der Waals surface area contributed by atoms with Gasteiger partial charge in [0.1, 0.15) is 11.4 Å². The number of nitrogens with one attached hydrogen (secondary N) is 2. The summed E-state index contributed by atoms with van der Waals surface area (Å²) in [6.07, 6.45) is -3.70. The molecule has 0 radical (unpaired) electrons. The number of alkyl halides is 3. The third kappa shape index (κ3) is 4.46. The number of ether oxygens (including phenoxy) is 2. The van der Waals surface area contributed by atoms with E-state index in [2.05, 4.69) is 15.7 Å². The molecule has 33 heavy (non-hydrogen) atoms. The van der Waals surface area contributed by atoms with Gasteiger partial charge in [-0.05, 0) is 36.8 Å². The molecule has 0 saturated heterocycles. The van der Waals surface area contributed by atoms with Crippen molar-refractivity contribution in [1.82, 2.24) is 9.78 Å². The Morgan fingerprint density at radius 3 is 2.45 bits per heavy atom. The lowest BCUT2D eigenvalue weighted by molar-refractivity contribution is -0.173. The summed E-state index contributed by atoms with van der Waals surface area (Å²) in [5.74, 6) is 0.318. The molecule has 1 aliphatic rings. The first kappa shape index (κ1) is 22.5. The van der Waals surface area contributed by atoms with E-state index in [0.717, 1.165) is 16.4 Å². The van der Waals surface area contributed by atoms with Gasteiger partial charge in [0, 0.05) is 12.1 Å². The molecule has 10 heteroatoms. The maximum atomic E-state index is 13.9. The SMILES string of the molecule is COc1ccc([C@@H]2C[C@H](C(F)(F)F)n3ncc(C(=O)Nc4ccc(C)cc4)c3N2)cc1OC. The molecule has 1 amide bonds. The standard InChI is InChI=1S/C23H23F3N4O3/c1-13-4-7-15(8-5-13)28-22(31)16-12-27-30-20(23(24,25)26)11-17(29-21(16)30)14-6-9-18(32-2)19(10-14)33-3/h4-10,12,17,20,29H,11H2,1-3H3,(H,28,31)/t17-,20+/m0/s1. The molecule has 0 saturated carbocycles. The Morgan fingerprint density at radius 2 is 1.82 bits per heavy atom. The first-order chi connectivity index (χ1) is 15.7. The van der Waals surface area contributed by atoms with Crippen LogP contribution in [-0.2, 0) is 0 Å². The number of hydrogen-bond acceptors (Lipinski definition) is 5. The maximum Gasteiger partial charge on any atom is 0.410 e. The third-order valence-electron chi connectivity index (χ3n) is 5.60. The van der Waals surface area contributed by atoms with Crippen LogP contribution in [0, 0.1) is 6.92 Å². The summed E-state index contributed by atoms with van der Waals surface area (Å²) in [4.78, 5) is 12.9. The molecule has 0 spiro atoms. The highest BCUT2D eigenvalue weighted by Crippen LogP contribution is 2.45. The average Bonchev–Trinajstić information content (AvgIpc) is 3.22. The molecular formula is C23H23F3N4O3. The van der Waals surface area contributed by atoms with E-state index < -0.39 is 24.2 Å². The van der Waals surface area contributed by atoms with Crippen LogP contribution in [0.15, 0.2) is 48.7 Å². The second-order valence-corrected chi connectivity index (χ2v) is 7.78. The smallest absolute Gasteiger partial charge is 0.410 e. The predicted molar refractivity (Wildman–Crippen MR) is 117 cm³/mol. The van der Waals surface area contributed by atoms with Gasteiger partial charge >= 0.3 is 6.18 Å². The molecule has 3 aromatic rings. The summed E-state index contributed by atoms with van der Waals surface area (Å²) >= 11 is 0. The van der Waals surface area contributed by atoms with Crippen molar-refractivity contribution in [2.75, 3.05) is 24.9 Å². The topological polar surface area (TPSA) is 77.4 Å². The lowest BCUT2D eigenvalue weighted by atomic mass is 9.96. The molecule has 1 aliphatic heterocycles. The highest BCUT2D eigenvalue weighted by Gasteiger charge is 2.47. The fourth-order valence-electron chi connectivity index (χ4n) is 3.85. The fraction of sp³-hybridized carbons (Fsp3) is 0.304. The monoisotopic (exact) mass is 460 g/mol. The van der Waals surface area contributed by atoms with Crippen molar-refractivity contribution < 1.29 is 27.4 Å². The van der Waals surface area contributed by atoms with Gasteiger partial charge in [-0.25, -0.2) is 4.68 Å². The molecule has 4 rings (SSSR count). The number of nitrogens with zero attached hydrogens (tertiary/aromatic N) is 2.